The second-order valence-corrected chi connectivity index (χ2v) is 4.22. The summed E-state index contributed by atoms with van der Waals surface area (Å²) in [6, 6.07) is 16.0. The molecule has 2 nitrogen and oxygen atoms in total. The van der Waals surface area contributed by atoms with Gasteiger partial charge >= 0.3 is 0 Å². The number of halogens is 1. The molecule has 2 aromatic rings. The normalized spacial score (nSPS) is 11.6. The van der Waals surface area contributed by atoms with Gasteiger partial charge in [-0.1, -0.05) is 36.4 Å². The number of rotatable bonds is 4. The van der Waals surface area contributed by atoms with Crippen LogP contribution in [-0.2, 0) is 6.42 Å². The third-order valence-electron chi connectivity index (χ3n) is 2.94. The fraction of sp³-hybridized carbons (Fsp3) is 0.188. The van der Waals surface area contributed by atoms with Crippen molar-refractivity contribution in [3.05, 3.63) is 65.2 Å². The van der Waals surface area contributed by atoms with Crippen molar-refractivity contribution in [2.24, 2.45) is 0 Å². The summed E-state index contributed by atoms with van der Waals surface area (Å²) in [7, 11) is 1.58. The van der Waals surface area contributed by atoms with Crippen LogP contribution in [-0.4, -0.2) is 7.11 Å². The average Bonchev–Trinajstić information content (AvgIpc) is 2.47. The molecule has 0 heterocycles. The Labute approximate surface area is 112 Å². The van der Waals surface area contributed by atoms with Gasteiger partial charge in [-0.2, -0.15) is 5.26 Å². The van der Waals surface area contributed by atoms with Crippen LogP contribution in [0.15, 0.2) is 48.5 Å². The summed E-state index contributed by atoms with van der Waals surface area (Å²) in [5, 5.41) is 8.67. The first-order chi connectivity index (χ1) is 9.24. The van der Waals surface area contributed by atoms with Crippen LogP contribution in [0.5, 0.6) is 5.75 Å². The summed E-state index contributed by atoms with van der Waals surface area (Å²) in [6.45, 7) is 0. The Hall–Kier alpha value is -2.34. The highest BCUT2D eigenvalue weighted by molar-refractivity contribution is 5.36. The van der Waals surface area contributed by atoms with Crippen molar-refractivity contribution in [1.29, 1.82) is 5.26 Å². The SMILES string of the molecule is COc1ccc(C(F)c2cccc(CC#N)c2)cc1. The van der Waals surface area contributed by atoms with E-state index in [-0.39, 0.29) is 0 Å². The molecule has 1 unspecified atom stereocenters. The van der Waals surface area contributed by atoms with Crippen molar-refractivity contribution in [1.82, 2.24) is 0 Å². The molecule has 0 bridgehead atoms. The predicted octanol–water partition coefficient (Wildman–Crippen LogP) is 3.82. The van der Waals surface area contributed by atoms with Crippen molar-refractivity contribution in [3.8, 4) is 11.8 Å². The smallest absolute Gasteiger partial charge is 0.150 e. The van der Waals surface area contributed by atoms with Gasteiger partial charge in [0.05, 0.1) is 19.6 Å². The largest absolute Gasteiger partial charge is 0.497 e. The van der Waals surface area contributed by atoms with Crippen LogP contribution < -0.4 is 4.74 Å². The molecule has 2 aromatic carbocycles. The zero-order chi connectivity index (χ0) is 13.7. The van der Waals surface area contributed by atoms with Crippen molar-refractivity contribution in [3.63, 3.8) is 0 Å². The number of hydrogen-bond donors (Lipinski definition) is 0. The Morgan fingerprint density at radius 3 is 2.53 bits per heavy atom. The first-order valence-electron chi connectivity index (χ1n) is 5.98. The number of benzene rings is 2. The van der Waals surface area contributed by atoms with Gasteiger partial charge in [0.15, 0.2) is 6.17 Å². The van der Waals surface area contributed by atoms with Crippen molar-refractivity contribution >= 4 is 0 Å². The van der Waals surface area contributed by atoms with Crippen LogP contribution in [0.25, 0.3) is 0 Å². The Bertz CT molecular complexity index is 586. The Kier molecular flexibility index (Phi) is 4.15. The lowest BCUT2D eigenvalue weighted by Crippen LogP contribution is -1.96. The van der Waals surface area contributed by atoms with E-state index < -0.39 is 6.17 Å². The van der Waals surface area contributed by atoms with E-state index >= 15 is 0 Å². The molecule has 0 saturated heterocycles. The number of nitrogens with zero attached hydrogens (tertiary/aromatic N) is 1. The lowest BCUT2D eigenvalue weighted by Gasteiger charge is -2.10. The van der Waals surface area contributed by atoms with Gasteiger partial charge < -0.3 is 4.74 Å². The number of methoxy groups -OCH3 is 1. The monoisotopic (exact) mass is 255 g/mol. The van der Waals surface area contributed by atoms with E-state index in [2.05, 4.69) is 6.07 Å². The topological polar surface area (TPSA) is 33.0 Å². The van der Waals surface area contributed by atoms with Crippen molar-refractivity contribution in [2.45, 2.75) is 12.6 Å². The van der Waals surface area contributed by atoms with E-state index in [9.17, 15) is 4.39 Å². The van der Waals surface area contributed by atoms with E-state index in [1.165, 1.54) is 0 Å². The summed E-state index contributed by atoms with van der Waals surface area (Å²) < 4.78 is 19.4. The number of nitriles is 1. The van der Waals surface area contributed by atoms with Crippen molar-refractivity contribution < 1.29 is 9.13 Å². The molecule has 0 saturated carbocycles. The highest BCUT2D eigenvalue weighted by Gasteiger charge is 2.13. The third kappa shape index (κ3) is 3.11. The van der Waals surface area contributed by atoms with Gasteiger partial charge in [0.2, 0.25) is 0 Å². The second-order valence-electron chi connectivity index (χ2n) is 4.22. The molecule has 0 fully saturated rings. The van der Waals surface area contributed by atoms with Crippen molar-refractivity contribution in [2.75, 3.05) is 7.11 Å². The first-order valence-corrected chi connectivity index (χ1v) is 5.98. The highest BCUT2D eigenvalue weighted by atomic mass is 19.1. The van der Waals surface area contributed by atoms with Crippen LogP contribution >= 0.6 is 0 Å². The van der Waals surface area contributed by atoms with E-state index in [0.29, 0.717) is 23.3 Å². The van der Waals surface area contributed by atoms with E-state index in [1.54, 1.807) is 49.6 Å². The molecular weight excluding hydrogens is 241 g/mol. The third-order valence-corrected chi connectivity index (χ3v) is 2.94. The fourth-order valence-corrected chi connectivity index (χ4v) is 1.92. The molecule has 0 aromatic heterocycles. The summed E-state index contributed by atoms with van der Waals surface area (Å²) in [6.07, 6.45) is -0.895. The number of ether oxygens (including phenoxy) is 1. The molecular formula is C16H14FNO. The van der Waals surface area contributed by atoms with Gasteiger partial charge in [-0.25, -0.2) is 4.39 Å². The predicted molar refractivity (Wildman–Crippen MR) is 71.7 cm³/mol. The molecule has 96 valence electrons. The van der Waals surface area contributed by atoms with Gasteiger partial charge in [-0.05, 0) is 28.8 Å². The Morgan fingerprint density at radius 1 is 1.16 bits per heavy atom. The minimum atomic E-state index is -1.19. The van der Waals surface area contributed by atoms with E-state index in [4.69, 9.17) is 10.00 Å². The van der Waals surface area contributed by atoms with Gasteiger partial charge in [0.1, 0.15) is 5.75 Å². The summed E-state index contributed by atoms with van der Waals surface area (Å²) in [5.74, 6) is 0.703. The molecule has 3 heteroatoms. The minimum absolute atomic E-state index is 0.295. The molecule has 0 aliphatic heterocycles. The summed E-state index contributed by atoms with van der Waals surface area (Å²) in [4.78, 5) is 0. The average molecular weight is 255 g/mol. The first kappa shape index (κ1) is 13.1. The molecule has 0 spiro atoms. The van der Waals surface area contributed by atoms with Crippen LogP contribution in [0.4, 0.5) is 4.39 Å². The van der Waals surface area contributed by atoms with Gasteiger partial charge in [-0.15, -0.1) is 0 Å². The highest BCUT2D eigenvalue weighted by Crippen LogP contribution is 2.28. The lowest BCUT2D eigenvalue weighted by atomic mass is 10.00. The Balaban J connectivity index is 2.25. The maximum absolute atomic E-state index is 14.4. The maximum atomic E-state index is 14.4. The van der Waals surface area contributed by atoms with E-state index in [0.717, 1.165) is 5.56 Å². The number of hydrogen-bond acceptors (Lipinski definition) is 2. The molecule has 0 amide bonds. The maximum Gasteiger partial charge on any atom is 0.150 e. The molecule has 0 aliphatic rings. The minimum Gasteiger partial charge on any atom is -0.497 e. The fourth-order valence-electron chi connectivity index (χ4n) is 1.92. The van der Waals surface area contributed by atoms with Gasteiger partial charge in [-0.3, -0.25) is 0 Å². The molecule has 2 rings (SSSR count). The zero-order valence-corrected chi connectivity index (χ0v) is 10.6. The Morgan fingerprint density at radius 2 is 1.89 bits per heavy atom. The standard InChI is InChI=1S/C16H14FNO/c1-19-15-7-5-13(6-8-15)16(17)14-4-2-3-12(11-14)9-10-18/h2-8,11,16H,9H2,1H3. The lowest BCUT2D eigenvalue weighted by molar-refractivity contribution is 0.398. The number of alkyl halides is 1. The molecule has 0 N–H and O–H groups in total. The van der Waals surface area contributed by atoms with Crippen LogP contribution in [0.1, 0.15) is 22.9 Å². The van der Waals surface area contributed by atoms with Gasteiger partial charge in [0.25, 0.3) is 0 Å². The second kappa shape index (κ2) is 6.01. The van der Waals surface area contributed by atoms with Crippen LogP contribution in [0.3, 0.4) is 0 Å². The molecule has 0 radical (unpaired) electrons. The van der Waals surface area contributed by atoms with E-state index in [1.807, 2.05) is 6.07 Å². The zero-order valence-electron chi connectivity index (χ0n) is 10.6. The van der Waals surface area contributed by atoms with Crippen LogP contribution in [0.2, 0.25) is 0 Å². The quantitative estimate of drug-likeness (QED) is 0.832. The van der Waals surface area contributed by atoms with Gasteiger partial charge in [0, 0.05) is 0 Å². The molecule has 0 aliphatic carbocycles. The summed E-state index contributed by atoms with van der Waals surface area (Å²) >= 11 is 0. The van der Waals surface area contributed by atoms with Crippen LogP contribution in [0, 0.1) is 11.3 Å². The molecule has 19 heavy (non-hydrogen) atoms. The summed E-state index contributed by atoms with van der Waals surface area (Å²) in [5.41, 5.74) is 1.98. The molecule has 1 atom stereocenters.